The van der Waals surface area contributed by atoms with Gasteiger partial charge in [0.2, 0.25) is 0 Å². The molecule has 0 spiro atoms. The third-order valence-electron chi connectivity index (χ3n) is 3.42. The zero-order valence-corrected chi connectivity index (χ0v) is 14.0. The van der Waals surface area contributed by atoms with Crippen LogP contribution in [0.15, 0.2) is 17.0 Å². The van der Waals surface area contributed by atoms with Crippen LogP contribution in [0.4, 0.5) is 0 Å². The molecule has 0 bridgehead atoms. The molecule has 0 fully saturated rings. The van der Waals surface area contributed by atoms with E-state index in [1.54, 1.807) is 11.0 Å². The first-order chi connectivity index (χ1) is 9.87. The lowest BCUT2D eigenvalue weighted by atomic mass is 9.95. The van der Waals surface area contributed by atoms with Crippen LogP contribution in [0.5, 0.6) is 5.75 Å². The lowest BCUT2D eigenvalue weighted by Crippen LogP contribution is -2.32. The Hall–Kier alpha value is -1.40. The number of ether oxygens (including phenoxy) is 1. The first-order valence-corrected chi connectivity index (χ1v) is 8.09. The molecule has 0 saturated carbocycles. The molecular formula is C15H23NO4S. The first-order valence-electron chi connectivity index (χ1n) is 6.99. The maximum Gasteiger partial charge on any atom is 0.255 e. The van der Waals surface area contributed by atoms with E-state index in [2.05, 4.69) is 0 Å². The lowest BCUT2D eigenvalue weighted by Gasteiger charge is -2.23. The quantitative estimate of drug-likeness (QED) is 0.820. The van der Waals surface area contributed by atoms with Gasteiger partial charge >= 0.3 is 0 Å². The molecule has 0 aliphatic heterocycles. The van der Waals surface area contributed by atoms with Gasteiger partial charge in [0.05, 0.1) is 17.6 Å². The van der Waals surface area contributed by atoms with E-state index in [0.717, 1.165) is 5.56 Å². The van der Waals surface area contributed by atoms with Crippen LogP contribution in [0, 0.1) is 0 Å². The van der Waals surface area contributed by atoms with Crippen LogP contribution < -0.4 is 4.74 Å². The van der Waals surface area contributed by atoms with Crippen LogP contribution in [-0.4, -0.2) is 39.8 Å². The molecule has 0 aliphatic carbocycles. The van der Waals surface area contributed by atoms with Gasteiger partial charge in [0.1, 0.15) is 5.75 Å². The molecule has 0 aliphatic rings. The number of nitrogens with zero attached hydrogens (tertiary/aromatic N) is 1. The van der Waals surface area contributed by atoms with E-state index in [9.17, 15) is 13.6 Å². The monoisotopic (exact) mass is 313 g/mol. The standard InChI is InChI=1S/C15H23NO4S/c1-6-16(7-2)15(17)14-12(10(3)4)8-11(20-5)9-13(14)21(18)19/h8-10H,6-7H2,1-5H3,(H,18,19). The van der Waals surface area contributed by atoms with Crippen molar-refractivity contribution in [1.29, 1.82) is 0 Å². The number of amides is 1. The molecule has 21 heavy (non-hydrogen) atoms. The Bertz CT molecular complexity index is 539. The Labute approximate surface area is 128 Å². The molecule has 0 aromatic heterocycles. The fraction of sp³-hybridized carbons (Fsp3) is 0.533. The van der Waals surface area contributed by atoms with Gasteiger partial charge in [0.15, 0.2) is 11.1 Å². The number of benzene rings is 1. The number of carbonyl (C=O) groups excluding carboxylic acids is 1. The molecule has 1 unspecified atom stereocenters. The predicted molar refractivity (Wildman–Crippen MR) is 83.4 cm³/mol. The minimum atomic E-state index is -2.25. The molecule has 118 valence electrons. The third-order valence-corrected chi connectivity index (χ3v) is 4.11. The Morgan fingerprint density at radius 1 is 1.33 bits per heavy atom. The first kappa shape index (κ1) is 17.7. The van der Waals surface area contributed by atoms with Crippen molar-refractivity contribution in [1.82, 2.24) is 4.90 Å². The minimum absolute atomic E-state index is 0.0388. The van der Waals surface area contributed by atoms with Crippen LogP contribution >= 0.6 is 0 Å². The molecule has 1 aromatic carbocycles. The number of carbonyl (C=O) groups is 1. The number of methoxy groups -OCH3 is 1. The molecule has 1 amide bonds. The van der Waals surface area contributed by atoms with E-state index in [1.165, 1.54) is 13.2 Å². The second-order valence-electron chi connectivity index (χ2n) is 4.97. The van der Waals surface area contributed by atoms with Crippen LogP contribution in [0.2, 0.25) is 0 Å². The molecule has 1 N–H and O–H groups in total. The van der Waals surface area contributed by atoms with Gasteiger partial charge in [-0.1, -0.05) is 13.8 Å². The molecule has 5 nitrogen and oxygen atoms in total. The molecular weight excluding hydrogens is 290 g/mol. The minimum Gasteiger partial charge on any atom is -0.497 e. The summed E-state index contributed by atoms with van der Waals surface area (Å²) in [5.41, 5.74) is 1.04. The van der Waals surface area contributed by atoms with Gasteiger partial charge < -0.3 is 14.2 Å². The van der Waals surface area contributed by atoms with Crippen molar-refractivity contribution in [3.05, 3.63) is 23.3 Å². The van der Waals surface area contributed by atoms with E-state index in [-0.39, 0.29) is 16.7 Å². The van der Waals surface area contributed by atoms with Gasteiger partial charge in [-0.3, -0.25) is 4.79 Å². The second kappa shape index (κ2) is 7.56. The summed E-state index contributed by atoms with van der Waals surface area (Å²) in [7, 11) is 1.50. The molecule has 1 rings (SSSR count). The summed E-state index contributed by atoms with van der Waals surface area (Å²) >= 11 is -2.25. The highest BCUT2D eigenvalue weighted by Gasteiger charge is 2.25. The molecule has 0 heterocycles. The van der Waals surface area contributed by atoms with E-state index >= 15 is 0 Å². The van der Waals surface area contributed by atoms with Gasteiger partial charge in [-0.15, -0.1) is 0 Å². The summed E-state index contributed by atoms with van der Waals surface area (Å²) in [6.07, 6.45) is 0. The molecule has 0 radical (unpaired) electrons. The smallest absolute Gasteiger partial charge is 0.255 e. The van der Waals surface area contributed by atoms with E-state index < -0.39 is 11.1 Å². The van der Waals surface area contributed by atoms with Crippen LogP contribution in [0.25, 0.3) is 0 Å². The maximum atomic E-state index is 12.7. The summed E-state index contributed by atoms with van der Waals surface area (Å²) in [6.45, 7) is 8.76. The topological polar surface area (TPSA) is 66.8 Å². The predicted octanol–water partition coefficient (Wildman–Crippen LogP) is 2.88. The molecule has 1 atom stereocenters. The number of hydrogen-bond acceptors (Lipinski definition) is 3. The fourth-order valence-electron chi connectivity index (χ4n) is 2.22. The normalized spacial score (nSPS) is 12.3. The highest BCUT2D eigenvalue weighted by Crippen LogP contribution is 2.31. The third kappa shape index (κ3) is 3.83. The largest absolute Gasteiger partial charge is 0.497 e. The van der Waals surface area contributed by atoms with Gasteiger partial charge in [0.25, 0.3) is 5.91 Å². The van der Waals surface area contributed by atoms with Crippen molar-refractivity contribution in [2.45, 2.75) is 38.5 Å². The van der Waals surface area contributed by atoms with E-state index in [1.807, 2.05) is 27.7 Å². The summed E-state index contributed by atoms with van der Waals surface area (Å²) in [6, 6.07) is 3.22. The van der Waals surface area contributed by atoms with E-state index in [4.69, 9.17) is 4.74 Å². The summed E-state index contributed by atoms with van der Waals surface area (Å²) in [4.78, 5) is 14.4. The average Bonchev–Trinajstić information content (AvgIpc) is 2.46. The van der Waals surface area contributed by atoms with Crippen molar-refractivity contribution >= 4 is 17.0 Å². The summed E-state index contributed by atoms with van der Waals surface area (Å²) in [5, 5.41) is 0. The van der Waals surface area contributed by atoms with Crippen molar-refractivity contribution in [3.8, 4) is 5.75 Å². The summed E-state index contributed by atoms with van der Waals surface area (Å²) < 4.78 is 26.4. The molecule has 0 saturated heterocycles. The fourth-order valence-corrected chi connectivity index (χ4v) is 2.82. The zero-order valence-electron chi connectivity index (χ0n) is 13.2. The van der Waals surface area contributed by atoms with Crippen molar-refractivity contribution in [3.63, 3.8) is 0 Å². The van der Waals surface area contributed by atoms with Crippen LogP contribution in [0.3, 0.4) is 0 Å². The highest BCUT2D eigenvalue weighted by atomic mass is 32.2. The molecule has 1 aromatic rings. The van der Waals surface area contributed by atoms with Gasteiger partial charge in [-0.2, -0.15) is 0 Å². The lowest BCUT2D eigenvalue weighted by molar-refractivity contribution is 0.0767. The average molecular weight is 313 g/mol. The number of rotatable bonds is 6. The van der Waals surface area contributed by atoms with Gasteiger partial charge in [-0.25, -0.2) is 4.21 Å². The van der Waals surface area contributed by atoms with Crippen molar-refractivity contribution in [2.75, 3.05) is 20.2 Å². The van der Waals surface area contributed by atoms with Crippen molar-refractivity contribution in [2.24, 2.45) is 0 Å². The van der Waals surface area contributed by atoms with Crippen LogP contribution in [0.1, 0.15) is 49.5 Å². The van der Waals surface area contributed by atoms with Gasteiger partial charge in [-0.05, 0) is 37.5 Å². The van der Waals surface area contributed by atoms with Crippen molar-refractivity contribution < 1.29 is 18.3 Å². The SMILES string of the molecule is CCN(CC)C(=O)c1c(C(C)C)cc(OC)cc1S(=O)O. The highest BCUT2D eigenvalue weighted by molar-refractivity contribution is 7.79. The Morgan fingerprint density at radius 3 is 2.29 bits per heavy atom. The Kier molecular flexibility index (Phi) is 6.36. The molecule has 6 heteroatoms. The van der Waals surface area contributed by atoms with E-state index in [0.29, 0.717) is 24.4 Å². The Morgan fingerprint density at radius 2 is 1.90 bits per heavy atom. The zero-order chi connectivity index (χ0) is 16.2. The summed E-state index contributed by atoms with van der Waals surface area (Å²) in [5.74, 6) is 0.299. The van der Waals surface area contributed by atoms with Gasteiger partial charge in [0, 0.05) is 13.1 Å². The maximum absolute atomic E-state index is 12.7. The van der Waals surface area contributed by atoms with Crippen LogP contribution in [-0.2, 0) is 11.1 Å². The Balaban J connectivity index is 3.59. The second-order valence-corrected chi connectivity index (χ2v) is 5.91. The number of hydrogen-bond donors (Lipinski definition) is 1.